The summed E-state index contributed by atoms with van der Waals surface area (Å²) in [4.78, 5) is 0. The highest BCUT2D eigenvalue weighted by Crippen LogP contribution is 2.27. The van der Waals surface area contributed by atoms with Gasteiger partial charge in [-0.25, -0.2) is 4.68 Å². The van der Waals surface area contributed by atoms with Crippen LogP contribution in [-0.4, -0.2) is 26.8 Å². The number of aryl methyl sites for hydroxylation is 1. The molecular weight excluding hydrogens is 214 g/mol. The predicted octanol–water partition coefficient (Wildman–Crippen LogP) is 1.92. The van der Waals surface area contributed by atoms with Gasteiger partial charge in [-0.05, 0) is 36.2 Å². The second kappa shape index (κ2) is 6.10. The molecule has 0 aromatic carbocycles. The van der Waals surface area contributed by atoms with Crippen molar-refractivity contribution in [3.05, 3.63) is 5.82 Å². The van der Waals surface area contributed by atoms with Crippen LogP contribution in [0.3, 0.4) is 0 Å². The average molecular weight is 237 g/mol. The number of nitrogens with zero attached hydrogens (tertiary/aromatic N) is 4. The van der Waals surface area contributed by atoms with Crippen molar-refractivity contribution in [2.75, 3.05) is 6.54 Å². The van der Waals surface area contributed by atoms with Gasteiger partial charge in [-0.1, -0.05) is 32.6 Å². The van der Waals surface area contributed by atoms with Crippen LogP contribution < -0.4 is 5.32 Å². The van der Waals surface area contributed by atoms with E-state index in [0.717, 1.165) is 24.8 Å². The molecule has 1 heterocycles. The molecule has 0 radical (unpaired) electrons. The lowest BCUT2D eigenvalue weighted by molar-refractivity contribution is 0.413. The number of rotatable bonds is 6. The molecule has 2 rings (SSSR count). The molecule has 1 aromatic rings. The van der Waals surface area contributed by atoms with E-state index in [4.69, 9.17) is 0 Å². The number of aromatic nitrogens is 4. The van der Waals surface area contributed by atoms with Gasteiger partial charge in [0.05, 0.1) is 6.04 Å². The Hall–Kier alpha value is -0.970. The minimum Gasteiger partial charge on any atom is -0.308 e. The molecule has 1 unspecified atom stereocenters. The molecule has 1 fully saturated rings. The Morgan fingerprint density at radius 2 is 2.18 bits per heavy atom. The second-order valence-electron chi connectivity index (χ2n) is 4.98. The van der Waals surface area contributed by atoms with E-state index in [0.29, 0.717) is 0 Å². The molecule has 1 atom stereocenters. The topological polar surface area (TPSA) is 55.6 Å². The van der Waals surface area contributed by atoms with Crippen LogP contribution in [0.4, 0.5) is 0 Å². The number of hydrogen-bond donors (Lipinski definition) is 1. The van der Waals surface area contributed by atoms with E-state index in [1.54, 1.807) is 0 Å². The van der Waals surface area contributed by atoms with Gasteiger partial charge < -0.3 is 5.32 Å². The number of tetrazole rings is 1. The quantitative estimate of drug-likeness (QED) is 0.821. The third-order valence-corrected chi connectivity index (χ3v) is 3.68. The average Bonchev–Trinajstić information content (AvgIpc) is 2.98. The highest BCUT2D eigenvalue weighted by atomic mass is 15.5. The molecule has 1 N–H and O–H groups in total. The lowest BCUT2D eigenvalue weighted by Gasteiger charge is -2.13. The van der Waals surface area contributed by atoms with Gasteiger partial charge in [0.1, 0.15) is 0 Å². The molecule has 96 valence electrons. The van der Waals surface area contributed by atoms with E-state index in [-0.39, 0.29) is 6.04 Å². The van der Waals surface area contributed by atoms with Crippen molar-refractivity contribution >= 4 is 0 Å². The third kappa shape index (κ3) is 3.25. The van der Waals surface area contributed by atoms with E-state index in [1.165, 1.54) is 32.1 Å². The van der Waals surface area contributed by atoms with Gasteiger partial charge in [0.15, 0.2) is 5.82 Å². The van der Waals surface area contributed by atoms with Crippen LogP contribution in [0.1, 0.15) is 57.8 Å². The summed E-state index contributed by atoms with van der Waals surface area (Å²) in [6.45, 7) is 6.11. The molecule has 5 heteroatoms. The van der Waals surface area contributed by atoms with E-state index in [1.807, 2.05) is 4.68 Å². The van der Waals surface area contributed by atoms with Gasteiger partial charge in [-0.3, -0.25) is 0 Å². The maximum absolute atomic E-state index is 4.12. The molecule has 1 aliphatic rings. The fraction of sp³-hybridized carbons (Fsp3) is 0.917. The minimum atomic E-state index is 0.235. The molecule has 0 aliphatic heterocycles. The maximum atomic E-state index is 4.12. The summed E-state index contributed by atoms with van der Waals surface area (Å²) in [6.07, 6.45) is 6.80. The van der Waals surface area contributed by atoms with Crippen molar-refractivity contribution in [3.8, 4) is 0 Å². The fourth-order valence-corrected chi connectivity index (χ4v) is 2.68. The number of hydrogen-bond acceptors (Lipinski definition) is 4. The summed E-state index contributed by atoms with van der Waals surface area (Å²) in [5.41, 5.74) is 0. The van der Waals surface area contributed by atoms with Crippen LogP contribution >= 0.6 is 0 Å². The first-order valence-corrected chi connectivity index (χ1v) is 6.80. The van der Waals surface area contributed by atoms with Crippen LogP contribution in [0.2, 0.25) is 0 Å². The van der Waals surface area contributed by atoms with Crippen LogP contribution in [0.25, 0.3) is 0 Å². The zero-order valence-electron chi connectivity index (χ0n) is 10.9. The first kappa shape index (κ1) is 12.5. The predicted molar refractivity (Wildman–Crippen MR) is 66.5 cm³/mol. The summed E-state index contributed by atoms with van der Waals surface area (Å²) < 4.78 is 1.96. The summed E-state index contributed by atoms with van der Waals surface area (Å²) in [5, 5.41) is 15.4. The zero-order chi connectivity index (χ0) is 12.1. The molecule has 1 aromatic heterocycles. The van der Waals surface area contributed by atoms with Crippen molar-refractivity contribution < 1.29 is 0 Å². The highest BCUT2D eigenvalue weighted by Gasteiger charge is 2.17. The van der Waals surface area contributed by atoms with E-state index in [2.05, 4.69) is 34.7 Å². The molecule has 17 heavy (non-hydrogen) atoms. The van der Waals surface area contributed by atoms with Crippen molar-refractivity contribution in [1.82, 2.24) is 25.5 Å². The summed E-state index contributed by atoms with van der Waals surface area (Å²) in [7, 11) is 0. The van der Waals surface area contributed by atoms with Gasteiger partial charge in [0, 0.05) is 6.54 Å². The van der Waals surface area contributed by atoms with Gasteiger partial charge in [0.25, 0.3) is 0 Å². The monoisotopic (exact) mass is 237 g/mol. The summed E-state index contributed by atoms with van der Waals surface area (Å²) >= 11 is 0. The maximum Gasteiger partial charge on any atom is 0.167 e. The molecular formula is C12H23N5. The molecule has 5 nitrogen and oxygen atoms in total. The Morgan fingerprint density at radius 1 is 1.41 bits per heavy atom. The standard InChI is InChI=1S/C12H23N5/c1-3-13-10(2)12-14-15-16-17(12)9-8-11-6-4-5-7-11/h10-11,13H,3-9H2,1-2H3. The van der Waals surface area contributed by atoms with Gasteiger partial charge in [0.2, 0.25) is 0 Å². The first-order chi connectivity index (χ1) is 8.31. The Morgan fingerprint density at radius 3 is 2.88 bits per heavy atom. The molecule has 1 aliphatic carbocycles. The fourth-order valence-electron chi connectivity index (χ4n) is 2.68. The van der Waals surface area contributed by atoms with Crippen LogP contribution in [-0.2, 0) is 6.54 Å². The van der Waals surface area contributed by atoms with Gasteiger partial charge >= 0.3 is 0 Å². The lowest BCUT2D eigenvalue weighted by Crippen LogP contribution is -2.22. The zero-order valence-corrected chi connectivity index (χ0v) is 10.9. The Bertz CT molecular complexity index is 329. The Labute approximate surface area is 103 Å². The normalized spacial score (nSPS) is 18.7. The van der Waals surface area contributed by atoms with Gasteiger partial charge in [-0.2, -0.15) is 0 Å². The molecule has 1 saturated carbocycles. The Kier molecular flexibility index (Phi) is 4.48. The van der Waals surface area contributed by atoms with Crippen LogP contribution in [0.15, 0.2) is 0 Å². The number of nitrogens with one attached hydrogen (secondary N) is 1. The minimum absolute atomic E-state index is 0.235. The van der Waals surface area contributed by atoms with Crippen LogP contribution in [0, 0.1) is 5.92 Å². The molecule has 0 saturated heterocycles. The SMILES string of the molecule is CCNC(C)c1nnnn1CCC1CCCC1. The lowest BCUT2D eigenvalue weighted by atomic mass is 10.0. The molecule has 0 amide bonds. The third-order valence-electron chi connectivity index (χ3n) is 3.68. The smallest absolute Gasteiger partial charge is 0.167 e. The van der Waals surface area contributed by atoms with E-state index in [9.17, 15) is 0 Å². The van der Waals surface area contributed by atoms with Crippen molar-refractivity contribution in [2.45, 2.75) is 58.5 Å². The highest BCUT2D eigenvalue weighted by molar-refractivity contribution is 4.89. The van der Waals surface area contributed by atoms with Crippen molar-refractivity contribution in [2.24, 2.45) is 5.92 Å². The second-order valence-corrected chi connectivity index (χ2v) is 4.98. The first-order valence-electron chi connectivity index (χ1n) is 6.80. The van der Waals surface area contributed by atoms with Crippen molar-refractivity contribution in [3.63, 3.8) is 0 Å². The molecule has 0 bridgehead atoms. The van der Waals surface area contributed by atoms with Gasteiger partial charge in [-0.15, -0.1) is 5.10 Å². The summed E-state index contributed by atoms with van der Waals surface area (Å²) in [6, 6.07) is 0.235. The van der Waals surface area contributed by atoms with Crippen molar-refractivity contribution in [1.29, 1.82) is 0 Å². The van der Waals surface area contributed by atoms with E-state index >= 15 is 0 Å². The largest absolute Gasteiger partial charge is 0.308 e. The summed E-state index contributed by atoms with van der Waals surface area (Å²) in [5.74, 6) is 1.85. The van der Waals surface area contributed by atoms with E-state index < -0.39 is 0 Å². The molecule has 0 spiro atoms. The van der Waals surface area contributed by atoms with Crippen LogP contribution in [0.5, 0.6) is 0 Å². The Balaban J connectivity index is 1.89.